The van der Waals surface area contributed by atoms with Gasteiger partial charge in [0.1, 0.15) is 28.7 Å². The highest BCUT2D eigenvalue weighted by molar-refractivity contribution is 5.91. The molecule has 3 aromatic carbocycles. The molecule has 0 saturated carbocycles. The number of carbonyl (C=O) groups excluding carboxylic acids is 1. The molecule has 0 bridgehead atoms. The zero-order chi connectivity index (χ0) is 22.1. The van der Waals surface area contributed by atoms with E-state index in [1.807, 2.05) is 13.8 Å². The molecule has 7 heteroatoms. The van der Waals surface area contributed by atoms with E-state index in [2.05, 4.69) is 10.2 Å². The fourth-order valence-corrected chi connectivity index (χ4v) is 2.61. The quantitative estimate of drug-likeness (QED) is 0.252. The standard InChI is InChI=1S/C24H24N2O5/c1-3-15-30-20-9-5-17(6-10-20)24(28)31-21-13-14-22(23(27)16-21)26-25-18-7-11-19(12-8-18)29-4-2/h5-14,16,27H,3-4,15H2,1-2H3. The number of hydrogen-bond donors (Lipinski definition) is 1. The van der Waals surface area contributed by atoms with Gasteiger partial charge in [-0.2, -0.15) is 5.11 Å². The zero-order valence-electron chi connectivity index (χ0n) is 17.4. The highest BCUT2D eigenvalue weighted by Gasteiger charge is 2.11. The second-order valence-corrected chi connectivity index (χ2v) is 6.54. The highest BCUT2D eigenvalue weighted by Crippen LogP contribution is 2.32. The summed E-state index contributed by atoms with van der Waals surface area (Å²) in [6, 6.07) is 18.2. The maximum Gasteiger partial charge on any atom is 0.343 e. The van der Waals surface area contributed by atoms with E-state index in [1.54, 1.807) is 54.6 Å². The molecule has 3 rings (SSSR count). The topological polar surface area (TPSA) is 89.7 Å². The lowest BCUT2D eigenvalue weighted by atomic mass is 10.2. The van der Waals surface area contributed by atoms with Crippen LogP contribution in [-0.4, -0.2) is 24.3 Å². The van der Waals surface area contributed by atoms with Crippen molar-refractivity contribution in [3.8, 4) is 23.0 Å². The number of phenols is 1. The van der Waals surface area contributed by atoms with Crippen molar-refractivity contribution >= 4 is 17.3 Å². The molecule has 0 aliphatic rings. The van der Waals surface area contributed by atoms with Gasteiger partial charge in [0.2, 0.25) is 0 Å². The maximum absolute atomic E-state index is 12.3. The molecule has 1 N–H and O–H groups in total. The number of esters is 1. The van der Waals surface area contributed by atoms with Gasteiger partial charge in [-0.15, -0.1) is 5.11 Å². The van der Waals surface area contributed by atoms with Gasteiger partial charge in [-0.25, -0.2) is 4.79 Å². The van der Waals surface area contributed by atoms with Crippen LogP contribution in [0.2, 0.25) is 0 Å². The summed E-state index contributed by atoms with van der Waals surface area (Å²) in [5, 5.41) is 18.3. The molecule has 7 nitrogen and oxygen atoms in total. The summed E-state index contributed by atoms with van der Waals surface area (Å²) in [5.41, 5.74) is 1.25. The van der Waals surface area contributed by atoms with E-state index >= 15 is 0 Å². The third kappa shape index (κ3) is 6.30. The lowest BCUT2D eigenvalue weighted by Crippen LogP contribution is -2.08. The summed E-state index contributed by atoms with van der Waals surface area (Å²) in [7, 11) is 0. The summed E-state index contributed by atoms with van der Waals surface area (Å²) >= 11 is 0. The van der Waals surface area contributed by atoms with E-state index in [-0.39, 0.29) is 17.2 Å². The van der Waals surface area contributed by atoms with Crippen LogP contribution in [0.5, 0.6) is 23.0 Å². The fraction of sp³-hybridized carbons (Fsp3) is 0.208. The van der Waals surface area contributed by atoms with Crippen molar-refractivity contribution in [1.82, 2.24) is 0 Å². The molecule has 0 heterocycles. The molecule has 0 aromatic heterocycles. The molecule has 0 fully saturated rings. The minimum Gasteiger partial charge on any atom is -0.505 e. The predicted molar refractivity (Wildman–Crippen MR) is 117 cm³/mol. The first-order chi connectivity index (χ1) is 15.1. The first kappa shape index (κ1) is 21.8. The molecular formula is C24H24N2O5. The summed E-state index contributed by atoms with van der Waals surface area (Å²) in [5.74, 6) is 0.958. The van der Waals surface area contributed by atoms with Gasteiger partial charge in [-0.3, -0.25) is 0 Å². The van der Waals surface area contributed by atoms with Gasteiger partial charge < -0.3 is 19.3 Å². The molecule has 0 saturated heterocycles. The molecular weight excluding hydrogens is 396 g/mol. The smallest absolute Gasteiger partial charge is 0.343 e. The fourth-order valence-electron chi connectivity index (χ4n) is 2.61. The second-order valence-electron chi connectivity index (χ2n) is 6.54. The Morgan fingerprint density at radius 2 is 1.48 bits per heavy atom. The average Bonchev–Trinajstić information content (AvgIpc) is 2.78. The summed E-state index contributed by atoms with van der Waals surface area (Å²) < 4.78 is 16.2. The number of aromatic hydroxyl groups is 1. The molecule has 0 atom stereocenters. The van der Waals surface area contributed by atoms with Crippen molar-refractivity contribution in [2.75, 3.05) is 13.2 Å². The van der Waals surface area contributed by atoms with Crippen LogP contribution < -0.4 is 14.2 Å². The van der Waals surface area contributed by atoms with Crippen LogP contribution in [0.25, 0.3) is 0 Å². The maximum atomic E-state index is 12.3. The van der Waals surface area contributed by atoms with Crippen molar-refractivity contribution in [3.05, 3.63) is 72.3 Å². The number of nitrogens with zero attached hydrogens (tertiary/aromatic N) is 2. The lowest BCUT2D eigenvalue weighted by Gasteiger charge is -2.07. The van der Waals surface area contributed by atoms with Crippen LogP contribution >= 0.6 is 0 Å². The molecule has 3 aromatic rings. The van der Waals surface area contributed by atoms with Crippen molar-refractivity contribution < 1.29 is 24.1 Å². The Morgan fingerprint density at radius 3 is 2.13 bits per heavy atom. The van der Waals surface area contributed by atoms with E-state index in [0.29, 0.717) is 30.2 Å². The largest absolute Gasteiger partial charge is 0.505 e. The van der Waals surface area contributed by atoms with Crippen LogP contribution in [0.4, 0.5) is 11.4 Å². The van der Waals surface area contributed by atoms with Crippen LogP contribution in [0, 0.1) is 0 Å². The van der Waals surface area contributed by atoms with Gasteiger partial charge in [0.05, 0.1) is 24.5 Å². The summed E-state index contributed by atoms with van der Waals surface area (Å²) in [4.78, 5) is 12.3. The van der Waals surface area contributed by atoms with Gasteiger partial charge in [-0.05, 0) is 74.0 Å². The number of benzene rings is 3. The van der Waals surface area contributed by atoms with Crippen LogP contribution in [0.3, 0.4) is 0 Å². The molecule has 0 radical (unpaired) electrons. The summed E-state index contributed by atoms with van der Waals surface area (Å²) in [6.07, 6.45) is 0.906. The minimum absolute atomic E-state index is 0.150. The Kier molecular flexibility index (Phi) is 7.59. The third-order valence-electron chi connectivity index (χ3n) is 4.14. The Morgan fingerprint density at radius 1 is 0.839 bits per heavy atom. The van der Waals surface area contributed by atoms with Gasteiger partial charge in [-0.1, -0.05) is 6.92 Å². The second kappa shape index (κ2) is 10.8. The molecule has 0 aliphatic carbocycles. The Bertz CT molecular complexity index is 1030. The van der Waals surface area contributed by atoms with Gasteiger partial charge in [0, 0.05) is 6.07 Å². The number of phenolic OH excluding ortho intramolecular Hbond substituents is 1. The van der Waals surface area contributed by atoms with Crippen LogP contribution in [0.15, 0.2) is 77.0 Å². The predicted octanol–water partition coefficient (Wildman–Crippen LogP) is 6.21. The minimum atomic E-state index is -0.537. The first-order valence-corrected chi connectivity index (χ1v) is 10.0. The first-order valence-electron chi connectivity index (χ1n) is 10.0. The zero-order valence-corrected chi connectivity index (χ0v) is 17.4. The van der Waals surface area contributed by atoms with Crippen molar-refractivity contribution in [2.45, 2.75) is 20.3 Å². The Balaban J connectivity index is 1.62. The number of ether oxygens (including phenoxy) is 3. The molecule has 31 heavy (non-hydrogen) atoms. The van der Waals surface area contributed by atoms with Gasteiger partial charge in [0.25, 0.3) is 0 Å². The van der Waals surface area contributed by atoms with Crippen molar-refractivity contribution in [2.24, 2.45) is 10.2 Å². The highest BCUT2D eigenvalue weighted by atomic mass is 16.5. The van der Waals surface area contributed by atoms with E-state index in [4.69, 9.17) is 14.2 Å². The Labute approximate surface area is 180 Å². The number of azo groups is 1. The third-order valence-corrected chi connectivity index (χ3v) is 4.14. The molecule has 160 valence electrons. The Hall–Kier alpha value is -3.87. The molecule has 0 unspecified atom stereocenters. The van der Waals surface area contributed by atoms with Crippen LogP contribution in [-0.2, 0) is 0 Å². The number of rotatable bonds is 9. The lowest BCUT2D eigenvalue weighted by molar-refractivity contribution is 0.0734. The van der Waals surface area contributed by atoms with E-state index in [9.17, 15) is 9.90 Å². The number of hydrogen-bond acceptors (Lipinski definition) is 7. The van der Waals surface area contributed by atoms with Crippen molar-refractivity contribution in [1.29, 1.82) is 0 Å². The molecule has 0 spiro atoms. The van der Waals surface area contributed by atoms with Crippen molar-refractivity contribution in [3.63, 3.8) is 0 Å². The monoisotopic (exact) mass is 420 g/mol. The molecule has 0 aliphatic heterocycles. The normalized spacial score (nSPS) is 10.8. The SMILES string of the molecule is CCCOc1ccc(C(=O)Oc2ccc(N=Nc3ccc(OCC)cc3)c(O)c2)cc1. The van der Waals surface area contributed by atoms with Crippen LogP contribution in [0.1, 0.15) is 30.6 Å². The van der Waals surface area contributed by atoms with Gasteiger partial charge >= 0.3 is 5.97 Å². The van der Waals surface area contributed by atoms with Gasteiger partial charge in [0.15, 0.2) is 0 Å². The average molecular weight is 420 g/mol. The van der Waals surface area contributed by atoms with E-state index in [0.717, 1.165) is 12.2 Å². The van der Waals surface area contributed by atoms with E-state index in [1.165, 1.54) is 12.1 Å². The number of carbonyl (C=O) groups is 1. The summed E-state index contributed by atoms with van der Waals surface area (Å²) in [6.45, 7) is 5.14. The molecule has 0 amide bonds. The van der Waals surface area contributed by atoms with E-state index < -0.39 is 5.97 Å².